The lowest BCUT2D eigenvalue weighted by Gasteiger charge is -2.43. The molecule has 1 aliphatic rings. The second kappa shape index (κ2) is 12.1. The zero-order chi connectivity index (χ0) is 21.0. The SMILES string of the molecule is CCC(=O)NCCOCCOCCC(=O)N(C)C(C)(C(=O)O)N1C=CC=CC1. The van der Waals surface area contributed by atoms with Gasteiger partial charge in [0.15, 0.2) is 0 Å². The molecule has 0 fully saturated rings. The average molecular weight is 397 g/mol. The fourth-order valence-corrected chi connectivity index (χ4v) is 2.53. The molecule has 0 saturated carbocycles. The van der Waals surface area contributed by atoms with E-state index in [9.17, 15) is 19.5 Å². The number of allylic oxidation sites excluding steroid dienone is 2. The minimum Gasteiger partial charge on any atom is -0.478 e. The first-order valence-corrected chi connectivity index (χ1v) is 9.36. The van der Waals surface area contributed by atoms with Crippen molar-refractivity contribution < 1.29 is 29.0 Å². The maximum absolute atomic E-state index is 12.4. The molecule has 2 amide bonds. The fourth-order valence-electron chi connectivity index (χ4n) is 2.53. The molecule has 0 aromatic carbocycles. The molecule has 0 saturated heterocycles. The van der Waals surface area contributed by atoms with Crippen molar-refractivity contribution in [2.45, 2.75) is 32.4 Å². The number of carbonyl (C=O) groups excluding carboxylic acids is 2. The molecule has 0 aromatic rings. The second-order valence-corrected chi connectivity index (χ2v) is 6.38. The van der Waals surface area contributed by atoms with Crippen LogP contribution in [0.3, 0.4) is 0 Å². The maximum atomic E-state index is 12.4. The van der Waals surface area contributed by atoms with Gasteiger partial charge in [-0.1, -0.05) is 19.1 Å². The van der Waals surface area contributed by atoms with Gasteiger partial charge >= 0.3 is 5.97 Å². The van der Waals surface area contributed by atoms with E-state index in [0.29, 0.717) is 39.3 Å². The summed E-state index contributed by atoms with van der Waals surface area (Å²) in [5, 5.41) is 12.4. The van der Waals surface area contributed by atoms with E-state index in [-0.39, 0.29) is 24.8 Å². The monoisotopic (exact) mass is 397 g/mol. The Morgan fingerprint density at radius 2 is 1.86 bits per heavy atom. The molecule has 0 bridgehead atoms. The van der Waals surface area contributed by atoms with Crippen LogP contribution in [-0.2, 0) is 23.9 Å². The van der Waals surface area contributed by atoms with Gasteiger partial charge in [-0.2, -0.15) is 0 Å². The third-order valence-corrected chi connectivity index (χ3v) is 4.53. The van der Waals surface area contributed by atoms with Gasteiger partial charge in [0.1, 0.15) is 0 Å². The number of aliphatic carboxylic acids is 1. The zero-order valence-corrected chi connectivity index (χ0v) is 16.8. The number of likely N-dealkylation sites (N-methyl/N-ethyl adjacent to an activating group) is 1. The van der Waals surface area contributed by atoms with Crippen molar-refractivity contribution in [2.75, 3.05) is 46.6 Å². The normalized spacial score (nSPS) is 15.2. The highest BCUT2D eigenvalue weighted by Crippen LogP contribution is 2.22. The van der Waals surface area contributed by atoms with E-state index in [0.717, 1.165) is 0 Å². The van der Waals surface area contributed by atoms with E-state index in [4.69, 9.17) is 9.47 Å². The summed E-state index contributed by atoms with van der Waals surface area (Å²) in [5.74, 6) is -1.45. The summed E-state index contributed by atoms with van der Waals surface area (Å²) < 4.78 is 10.7. The molecular weight excluding hydrogens is 366 g/mol. The van der Waals surface area contributed by atoms with Crippen molar-refractivity contribution in [1.82, 2.24) is 15.1 Å². The van der Waals surface area contributed by atoms with Gasteiger partial charge in [-0.3, -0.25) is 9.59 Å². The van der Waals surface area contributed by atoms with Crippen LogP contribution in [0.25, 0.3) is 0 Å². The highest BCUT2D eigenvalue weighted by molar-refractivity contribution is 5.86. The molecule has 0 radical (unpaired) electrons. The van der Waals surface area contributed by atoms with Crippen molar-refractivity contribution >= 4 is 17.8 Å². The molecule has 1 rings (SSSR count). The maximum Gasteiger partial charge on any atom is 0.350 e. The predicted octanol–water partition coefficient (Wildman–Crippen LogP) is 0.581. The highest BCUT2D eigenvalue weighted by atomic mass is 16.5. The summed E-state index contributed by atoms with van der Waals surface area (Å²) in [5.41, 5.74) is -1.48. The predicted molar refractivity (Wildman–Crippen MR) is 103 cm³/mol. The van der Waals surface area contributed by atoms with Crippen LogP contribution in [0.15, 0.2) is 24.4 Å². The van der Waals surface area contributed by atoms with Crippen molar-refractivity contribution in [3.8, 4) is 0 Å². The third-order valence-electron chi connectivity index (χ3n) is 4.53. The van der Waals surface area contributed by atoms with Gasteiger partial charge < -0.3 is 29.7 Å². The van der Waals surface area contributed by atoms with Crippen molar-refractivity contribution in [1.29, 1.82) is 0 Å². The van der Waals surface area contributed by atoms with E-state index in [1.54, 1.807) is 24.1 Å². The Hall–Kier alpha value is -2.39. The number of hydrogen-bond donors (Lipinski definition) is 2. The molecule has 1 atom stereocenters. The Kier molecular flexibility index (Phi) is 10.3. The van der Waals surface area contributed by atoms with Gasteiger partial charge in [0.2, 0.25) is 17.5 Å². The lowest BCUT2D eigenvalue weighted by Crippen LogP contribution is -2.62. The van der Waals surface area contributed by atoms with Gasteiger partial charge in [0, 0.05) is 32.8 Å². The van der Waals surface area contributed by atoms with E-state index in [2.05, 4.69) is 5.32 Å². The van der Waals surface area contributed by atoms with E-state index in [1.807, 2.05) is 12.2 Å². The highest BCUT2D eigenvalue weighted by Gasteiger charge is 2.44. The first-order valence-electron chi connectivity index (χ1n) is 9.36. The van der Waals surface area contributed by atoms with Gasteiger partial charge in [0.25, 0.3) is 0 Å². The quantitative estimate of drug-likeness (QED) is 0.438. The molecule has 1 heterocycles. The minimum atomic E-state index is -1.48. The average Bonchev–Trinajstić information content (AvgIpc) is 2.71. The van der Waals surface area contributed by atoms with Crippen LogP contribution in [0.4, 0.5) is 0 Å². The first-order chi connectivity index (χ1) is 13.3. The molecule has 0 spiro atoms. The number of ether oxygens (including phenoxy) is 2. The van der Waals surface area contributed by atoms with E-state index < -0.39 is 11.6 Å². The summed E-state index contributed by atoms with van der Waals surface area (Å²) in [6.07, 6.45) is 7.57. The molecule has 9 heteroatoms. The number of amides is 2. The van der Waals surface area contributed by atoms with Gasteiger partial charge in [-0.05, 0) is 13.0 Å². The Morgan fingerprint density at radius 3 is 2.43 bits per heavy atom. The van der Waals surface area contributed by atoms with Crippen LogP contribution < -0.4 is 5.32 Å². The summed E-state index contributed by atoms with van der Waals surface area (Å²) in [4.78, 5) is 38.2. The van der Waals surface area contributed by atoms with Crippen LogP contribution in [-0.4, -0.2) is 84.9 Å². The van der Waals surface area contributed by atoms with Crippen LogP contribution in [0.5, 0.6) is 0 Å². The molecular formula is C19H31N3O6. The number of carbonyl (C=O) groups is 3. The molecule has 9 nitrogen and oxygen atoms in total. The summed E-state index contributed by atoms with van der Waals surface area (Å²) in [7, 11) is 1.48. The van der Waals surface area contributed by atoms with Crippen molar-refractivity contribution in [3.63, 3.8) is 0 Å². The third kappa shape index (κ3) is 6.97. The number of nitrogens with one attached hydrogen (secondary N) is 1. The van der Waals surface area contributed by atoms with Crippen LogP contribution in [0.2, 0.25) is 0 Å². The van der Waals surface area contributed by atoms with E-state index >= 15 is 0 Å². The van der Waals surface area contributed by atoms with Crippen molar-refractivity contribution in [2.24, 2.45) is 0 Å². The molecule has 28 heavy (non-hydrogen) atoms. The minimum absolute atomic E-state index is 0.0214. The van der Waals surface area contributed by atoms with Crippen LogP contribution in [0.1, 0.15) is 26.7 Å². The van der Waals surface area contributed by atoms with E-state index in [1.165, 1.54) is 18.9 Å². The summed E-state index contributed by atoms with van der Waals surface area (Å²) in [6.45, 7) is 5.37. The topological polar surface area (TPSA) is 108 Å². The fraction of sp³-hybridized carbons (Fsp3) is 0.632. The Bertz CT molecular complexity index is 592. The number of carboxylic acids is 1. The Balaban J connectivity index is 2.30. The summed E-state index contributed by atoms with van der Waals surface area (Å²) >= 11 is 0. The lowest BCUT2D eigenvalue weighted by atomic mass is 10.1. The van der Waals surface area contributed by atoms with Crippen LogP contribution in [0, 0.1) is 0 Å². The number of rotatable bonds is 13. The van der Waals surface area contributed by atoms with Gasteiger partial charge in [0.05, 0.1) is 32.8 Å². The number of carboxylic acid groups (broad SMARTS) is 1. The Morgan fingerprint density at radius 1 is 1.18 bits per heavy atom. The smallest absolute Gasteiger partial charge is 0.350 e. The second-order valence-electron chi connectivity index (χ2n) is 6.38. The molecule has 0 aliphatic carbocycles. The molecule has 2 N–H and O–H groups in total. The number of hydrogen-bond acceptors (Lipinski definition) is 6. The Labute approximate surface area is 165 Å². The lowest BCUT2D eigenvalue weighted by molar-refractivity contribution is -0.167. The van der Waals surface area contributed by atoms with Gasteiger partial charge in [-0.15, -0.1) is 0 Å². The molecule has 0 aromatic heterocycles. The van der Waals surface area contributed by atoms with Crippen LogP contribution >= 0.6 is 0 Å². The molecule has 1 aliphatic heterocycles. The van der Waals surface area contributed by atoms with Gasteiger partial charge in [-0.25, -0.2) is 4.79 Å². The summed E-state index contributed by atoms with van der Waals surface area (Å²) in [6, 6.07) is 0. The van der Waals surface area contributed by atoms with Crippen molar-refractivity contribution in [3.05, 3.63) is 24.4 Å². The number of nitrogens with zero attached hydrogens (tertiary/aromatic N) is 2. The molecule has 158 valence electrons. The zero-order valence-electron chi connectivity index (χ0n) is 16.8. The first kappa shape index (κ1) is 23.6. The molecule has 1 unspecified atom stereocenters. The largest absolute Gasteiger partial charge is 0.478 e. The standard InChI is InChI=1S/C19H31N3O6/c1-4-16(23)20-9-13-28-15-14-27-12-8-17(24)21(3)19(2,18(25)26)22-10-6-5-7-11-22/h5-7,10H,4,8-9,11-15H2,1-3H3,(H,20,23)(H,25,26).